The Hall–Kier alpha value is -3.35. The van der Waals surface area contributed by atoms with Crippen LogP contribution in [0.2, 0.25) is 0 Å². The van der Waals surface area contributed by atoms with Crippen LogP contribution < -0.4 is 5.73 Å². The fourth-order valence-electron chi connectivity index (χ4n) is 2.94. The summed E-state index contributed by atoms with van der Waals surface area (Å²) >= 11 is 0. The Kier molecular flexibility index (Phi) is 5.35. The van der Waals surface area contributed by atoms with Crippen molar-refractivity contribution < 1.29 is 22.7 Å². The van der Waals surface area contributed by atoms with Crippen LogP contribution in [-0.4, -0.2) is 18.1 Å². The van der Waals surface area contributed by atoms with Gasteiger partial charge in [-0.2, -0.15) is 13.2 Å². The summed E-state index contributed by atoms with van der Waals surface area (Å²) < 4.78 is 43.8. The molecule has 28 heavy (non-hydrogen) atoms. The van der Waals surface area contributed by atoms with E-state index in [1.165, 1.54) is 19.4 Å². The molecule has 0 amide bonds. The van der Waals surface area contributed by atoms with Gasteiger partial charge in [-0.15, -0.1) is 0 Å². The maximum atomic E-state index is 13.0. The van der Waals surface area contributed by atoms with Gasteiger partial charge < -0.3 is 10.5 Å². The van der Waals surface area contributed by atoms with Crippen molar-refractivity contribution in [1.29, 1.82) is 0 Å². The summed E-state index contributed by atoms with van der Waals surface area (Å²) in [5.74, 6) is -0.208. The zero-order valence-corrected chi connectivity index (χ0v) is 15.0. The Labute approximate surface area is 159 Å². The molecule has 4 nitrogen and oxygen atoms in total. The molecule has 0 aliphatic carbocycles. The molecular formula is C21H17F3N2O2. The van der Waals surface area contributed by atoms with Crippen LogP contribution in [0.25, 0.3) is 11.1 Å². The largest absolute Gasteiger partial charge is 0.465 e. The molecule has 1 aromatic heterocycles. The number of benzene rings is 2. The van der Waals surface area contributed by atoms with E-state index in [9.17, 15) is 18.0 Å². The highest BCUT2D eigenvalue weighted by Crippen LogP contribution is 2.32. The summed E-state index contributed by atoms with van der Waals surface area (Å²) in [5, 5.41) is 0. The van der Waals surface area contributed by atoms with E-state index in [0.717, 1.165) is 17.7 Å². The Balaban J connectivity index is 2.07. The number of hydrogen-bond acceptors (Lipinski definition) is 4. The Bertz CT molecular complexity index is 1020. The van der Waals surface area contributed by atoms with Gasteiger partial charge in [-0.25, -0.2) is 9.78 Å². The van der Waals surface area contributed by atoms with Crippen LogP contribution >= 0.6 is 0 Å². The quantitative estimate of drug-likeness (QED) is 0.659. The minimum atomic E-state index is -4.41. The maximum Gasteiger partial charge on any atom is 0.416 e. The second-order valence-electron chi connectivity index (χ2n) is 6.21. The lowest BCUT2D eigenvalue weighted by molar-refractivity contribution is -0.137. The first-order valence-corrected chi connectivity index (χ1v) is 8.37. The first-order valence-electron chi connectivity index (χ1n) is 8.37. The van der Waals surface area contributed by atoms with Crippen molar-refractivity contribution in [1.82, 2.24) is 4.98 Å². The third-order valence-electron chi connectivity index (χ3n) is 4.27. The van der Waals surface area contributed by atoms with Crippen molar-refractivity contribution in [3.63, 3.8) is 0 Å². The maximum absolute atomic E-state index is 13.0. The summed E-state index contributed by atoms with van der Waals surface area (Å²) in [6, 6.07) is 13.5. The SMILES string of the molecule is COC(=O)c1ccc(Cc2cccc(C(F)(F)F)c2)c(-c2ccnc(N)c2)c1. The number of anilines is 1. The topological polar surface area (TPSA) is 65.2 Å². The third-order valence-corrected chi connectivity index (χ3v) is 4.27. The molecule has 0 aliphatic heterocycles. The number of carbonyl (C=O) groups excluding carboxylic acids is 1. The summed E-state index contributed by atoms with van der Waals surface area (Å²) in [5.41, 5.74) is 8.03. The van der Waals surface area contributed by atoms with Gasteiger partial charge in [0.2, 0.25) is 0 Å². The first-order chi connectivity index (χ1) is 13.3. The van der Waals surface area contributed by atoms with E-state index in [2.05, 4.69) is 4.98 Å². The van der Waals surface area contributed by atoms with Crippen LogP contribution in [0, 0.1) is 0 Å². The van der Waals surface area contributed by atoms with Crippen molar-refractivity contribution in [2.24, 2.45) is 0 Å². The van der Waals surface area contributed by atoms with Crippen LogP contribution in [0.4, 0.5) is 19.0 Å². The molecule has 0 saturated carbocycles. The molecule has 144 valence electrons. The first kappa shape index (κ1) is 19.4. The lowest BCUT2D eigenvalue weighted by Crippen LogP contribution is -2.06. The van der Waals surface area contributed by atoms with Gasteiger partial charge in [0.05, 0.1) is 18.2 Å². The molecule has 0 saturated heterocycles. The number of halogens is 3. The van der Waals surface area contributed by atoms with Gasteiger partial charge in [-0.3, -0.25) is 0 Å². The number of nitrogens with two attached hydrogens (primary N) is 1. The average Bonchev–Trinajstić information content (AvgIpc) is 2.67. The molecule has 3 rings (SSSR count). The van der Waals surface area contributed by atoms with E-state index < -0.39 is 17.7 Å². The Morgan fingerprint density at radius 3 is 2.57 bits per heavy atom. The minimum absolute atomic E-state index is 0.253. The number of carbonyl (C=O) groups is 1. The number of nitrogens with zero attached hydrogens (tertiary/aromatic N) is 1. The van der Waals surface area contributed by atoms with Crippen molar-refractivity contribution >= 4 is 11.8 Å². The summed E-state index contributed by atoms with van der Waals surface area (Å²) in [6.45, 7) is 0. The smallest absolute Gasteiger partial charge is 0.416 e. The van der Waals surface area contributed by atoms with Gasteiger partial charge in [0.15, 0.2) is 0 Å². The lowest BCUT2D eigenvalue weighted by atomic mass is 9.93. The average molecular weight is 386 g/mol. The molecule has 1 heterocycles. The standard InChI is InChI=1S/C21H17F3N2O2/c1-28-20(27)16-6-5-14(18(11-16)15-7-8-26-19(25)12-15)9-13-3-2-4-17(10-13)21(22,23)24/h2-8,10-12H,9H2,1H3,(H2,25,26). The number of hydrogen-bond donors (Lipinski definition) is 1. The van der Waals surface area contributed by atoms with Crippen LogP contribution in [-0.2, 0) is 17.3 Å². The number of rotatable bonds is 4. The van der Waals surface area contributed by atoms with Gasteiger partial charge in [0.1, 0.15) is 5.82 Å². The minimum Gasteiger partial charge on any atom is -0.465 e. The molecule has 0 unspecified atom stereocenters. The normalized spacial score (nSPS) is 11.3. The fraction of sp³-hybridized carbons (Fsp3) is 0.143. The van der Waals surface area contributed by atoms with Crippen molar-refractivity contribution in [2.45, 2.75) is 12.6 Å². The third kappa shape index (κ3) is 4.31. The van der Waals surface area contributed by atoms with Crippen LogP contribution in [0.15, 0.2) is 60.8 Å². The second kappa shape index (κ2) is 7.72. The molecule has 3 aromatic rings. The highest BCUT2D eigenvalue weighted by molar-refractivity contribution is 5.91. The second-order valence-corrected chi connectivity index (χ2v) is 6.21. The lowest BCUT2D eigenvalue weighted by Gasteiger charge is -2.14. The molecule has 0 fully saturated rings. The van der Waals surface area contributed by atoms with Gasteiger partial charge in [-0.05, 0) is 59.0 Å². The van der Waals surface area contributed by atoms with Crippen LogP contribution in [0.3, 0.4) is 0 Å². The summed E-state index contributed by atoms with van der Waals surface area (Å²) in [6.07, 6.45) is -2.63. The zero-order valence-electron chi connectivity index (χ0n) is 15.0. The molecule has 0 radical (unpaired) electrons. The van der Waals surface area contributed by atoms with Gasteiger partial charge in [-0.1, -0.05) is 24.3 Å². The van der Waals surface area contributed by atoms with E-state index in [-0.39, 0.29) is 6.42 Å². The molecule has 2 N–H and O–H groups in total. The number of esters is 1. The molecule has 0 spiro atoms. The van der Waals surface area contributed by atoms with Crippen LogP contribution in [0.1, 0.15) is 27.0 Å². The van der Waals surface area contributed by atoms with E-state index in [0.29, 0.717) is 28.1 Å². The predicted octanol–water partition coefficient (Wildman–Crippen LogP) is 4.73. The molecule has 0 aliphatic rings. The molecular weight excluding hydrogens is 369 g/mol. The number of aromatic nitrogens is 1. The zero-order chi connectivity index (χ0) is 20.3. The summed E-state index contributed by atoms with van der Waals surface area (Å²) in [7, 11) is 1.28. The van der Waals surface area contributed by atoms with E-state index in [4.69, 9.17) is 10.5 Å². The van der Waals surface area contributed by atoms with Gasteiger partial charge in [0, 0.05) is 6.20 Å². The van der Waals surface area contributed by atoms with Crippen molar-refractivity contribution in [3.05, 3.63) is 83.0 Å². The van der Waals surface area contributed by atoms with Gasteiger partial charge >= 0.3 is 12.1 Å². The van der Waals surface area contributed by atoms with Gasteiger partial charge in [0.25, 0.3) is 0 Å². The molecule has 0 bridgehead atoms. The molecule has 0 atom stereocenters. The van der Waals surface area contributed by atoms with Crippen molar-refractivity contribution in [3.8, 4) is 11.1 Å². The predicted molar refractivity (Wildman–Crippen MR) is 99.7 cm³/mol. The Morgan fingerprint density at radius 1 is 1.11 bits per heavy atom. The number of pyridine rings is 1. The van der Waals surface area contributed by atoms with E-state index in [1.807, 2.05) is 0 Å². The van der Waals surface area contributed by atoms with Crippen molar-refractivity contribution in [2.75, 3.05) is 12.8 Å². The highest BCUT2D eigenvalue weighted by Gasteiger charge is 2.30. The van der Waals surface area contributed by atoms with Crippen LogP contribution in [0.5, 0.6) is 0 Å². The monoisotopic (exact) mass is 386 g/mol. The highest BCUT2D eigenvalue weighted by atomic mass is 19.4. The fourth-order valence-corrected chi connectivity index (χ4v) is 2.94. The molecule has 7 heteroatoms. The number of ether oxygens (including phenoxy) is 1. The number of alkyl halides is 3. The number of nitrogen functional groups attached to an aromatic ring is 1. The molecule has 2 aromatic carbocycles. The van der Waals surface area contributed by atoms with E-state index >= 15 is 0 Å². The Morgan fingerprint density at radius 2 is 1.89 bits per heavy atom. The summed E-state index contributed by atoms with van der Waals surface area (Å²) in [4.78, 5) is 15.9. The number of methoxy groups -OCH3 is 1. The van der Waals surface area contributed by atoms with E-state index in [1.54, 1.807) is 36.4 Å².